The maximum absolute atomic E-state index is 12.7. The monoisotopic (exact) mass is 657 g/mol. The highest BCUT2D eigenvalue weighted by Gasteiger charge is 2.20. The lowest BCUT2D eigenvalue weighted by Gasteiger charge is -2.22. The minimum Gasteiger partial charge on any atom is -0.446 e. The number of carbonyl (C=O) groups excluding carboxylic acids is 2. The Bertz CT molecular complexity index is 817. The molecule has 0 aromatic rings. The molecule has 0 bridgehead atoms. The third-order valence-electron chi connectivity index (χ3n) is 8.72. The highest BCUT2D eigenvalue weighted by atomic mass is 16.6. The molecule has 5 nitrogen and oxygen atoms in total. The van der Waals surface area contributed by atoms with Gasteiger partial charge in [0.05, 0.1) is 6.42 Å². The van der Waals surface area contributed by atoms with Crippen LogP contribution in [0.25, 0.3) is 0 Å². The third-order valence-corrected chi connectivity index (χ3v) is 8.72. The number of carbonyl (C=O) groups is 2. The van der Waals surface area contributed by atoms with Gasteiger partial charge in [0, 0.05) is 20.6 Å². The molecular weight excluding hydrogens is 580 g/mol. The van der Waals surface area contributed by atoms with Crippen molar-refractivity contribution in [2.45, 2.75) is 187 Å². The molecule has 0 heterocycles. The first-order valence-corrected chi connectivity index (χ1v) is 19.8. The molecule has 0 aliphatic carbocycles. The molecule has 0 saturated heterocycles. The maximum atomic E-state index is 12.7. The first-order valence-electron chi connectivity index (χ1n) is 19.8. The molecule has 0 fully saturated rings. The van der Waals surface area contributed by atoms with Crippen LogP contribution in [0.15, 0.2) is 48.6 Å². The maximum Gasteiger partial charge on any atom is 0.409 e. The van der Waals surface area contributed by atoms with Crippen molar-refractivity contribution >= 4 is 12.0 Å². The second-order valence-corrected chi connectivity index (χ2v) is 13.3. The number of rotatable bonds is 33. The van der Waals surface area contributed by atoms with Crippen LogP contribution in [0, 0.1) is 0 Å². The van der Waals surface area contributed by atoms with Gasteiger partial charge < -0.3 is 15.0 Å². The van der Waals surface area contributed by atoms with Crippen molar-refractivity contribution in [3.8, 4) is 0 Å². The summed E-state index contributed by atoms with van der Waals surface area (Å²) >= 11 is 0. The second kappa shape index (κ2) is 36.5. The zero-order valence-corrected chi connectivity index (χ0v) is 31.5. The molecule has 0 saturated carbocycles. The standard InChI is InChI=1S/C42H76N2O3/c1-5-7-9-11-13-15-17-19-21-22-24-26-28-30-32-34-36-38-44(4)42(46)47-40(39-41(45)43-3)37-35-33-31-29-27-25-23-20-18-16-14-12-10-8-6-2/h13,15,19,21,24,26,30,32,40H,5-12,14,16-18,20,22-23,25,27-29,31,33-39H2,1-4H3,(H,43,45)/b15-13-,21-19-,26-24-,32-30-. The van der Waals surface area contributed by atoms with E-state index >= 15 is 0 Å². The highest BCUT2D eigenvalue weighted by molar-refractivity contribution is 5.76. The van der Waals surface area contributed by atoms with Crippen molar-refractivity contribution in [3.63, 3.8) is 0 Å². The summed E-state index contributed by atoms with van der Waals surface area (Å²) in [5.74, 6) is -0.0769. The van der Waals surface area contributed by atoms with Crippen LogP contribution < -0.4 is 5.32 Å². The Morgan fingerprint density at radius 1 is 0.574 bits per heavy atom. The van der Waals surface area contributed by atoms with E-state index in [0.29, 0.717) is 6.54 Å². The van der Waals surface area contributed by atoms with Crippen molar-refractivity contribution in [2.75, 3.05) is 20.6 Å². The molecule has 0 rings (SSSR count). The topological polar surface area (TPSA) is 58.6 Å². The number of hydrogen-bond acceptors (Lipinski definition) is 3. The minimum atomic E-state index is -0.361. The van der Waals surface area contributed by atoms with Crippen molar-refractivity contribution < 1.29 is 14.3 Å². The summed E-state index contributed by atoms with van der Waals surface area (Å²) in [4.78, 5) is 26.4. The van der Waals surface area contributed by atoms with Crippen LogP contribution in [-0.4, -0.2) is 43.6 Å². The quantitative estimate of drug-likeness (QED) is 0.0565. The second-order valence-electron chi connectivity index (χ2n) is 13.3. The average molecular weight is 657 g/mol. The molecule has 0 spiro atoms. The lowest BCUT2D eigenvalue weighted by molar-refractivity contribution is -0.122. The summed E-state index contributed by atoms with van der Waals surface area (Å²) in [6.07, 6.45) is 47.8. The first kappa shape index (κ1) is 44.7. The van der Waals surface area contributed by atoms with Crippen LogP contribution in [0.3, 0.4) is 0 Å². The summed E-state index contributed by atoms with van der Waals surface area (Å²) in [5, 5.41) is 2.68. The van der Waals surface area contributed by atoms with Gasteiger partial charge in [-0.05, 0) is 57.8 Å². The fourth-order valence-electron chi connectivity index (χ4n) is 5.59. The SMILES string of the molecule is CCCCC/C=C\C/C=C\C/C=C\C/C=C\CCCN(C)C(=O)OC(CCCCCCCCCCCCCCCCC)CC(=O)NC. The van der Waals surface area contributed by atoms with Crippen molar-refractivity contribution in [1.29, 1.82) is 0 Å². The Balaban J connectivity index is 3.99. The van der Waals surface area contributed by atoms with Gasteiger partial charge in [0.25, 0.3) is 0 Å². The molecule has 0 aliphatic rings. The Morgan fingerprint density at radius 2 is 0.979 bits per heavy atom. The van der Waals surface area contributed by atoms with Crippen molar-refractivity contribution in [2.24, 2.45) is 0 Å². The summed E-state index contributed by atoms with van der Waals surface area (Å²) in [6.45, 7) is 5.16. The summed E-state index contributed by atoms with van der Waals surface area (Å²) in [7, 11) is 3.42. The largest absolute Gasteiger partial charge is 0.446 e. The van der Waals surface area contributed by atoms with Gasteiger partial charge in [-0.2, -0.15) is 0 Å². The first-order chi connectivity index (χ1) is 23.0. The Hall–Kier alpha value is -2.30. The molecule has 0 aliphatic heterocycles. The number of nitrogens with zero attached hydrogens (tertiary/aromatic N) is 1. The van der Waals surface area contributed by atoms with E-state index in [2.05, 4.69) is 67.8 Å². The molecule has 1 atom stereocenters. The van der Waals surface area contributed by atoms with Gasteiger partial charge in [-0.25, -0.2) is 4.79 Å². The zero-order valence-electron chi connectivity index (χ0n) is 31.5. The number of allylic oxidation sites excluding steroid dienone is 8. The van der Waals surface area contributed by atoms with Gasteiger partial charge in [0.2, 0.25) is 5.91 Å². The number of hydrogen-bond donors (Lipinski definition) is 1. The van der Waals surface area contributed by atoms with Crippen molar-refractivity contribution in [3.05, 3.63) is 48.6 Å². The predicted octanol–water partition coefficient (Wildman–Crippen LogP) is 12.6. The van der Waals surface area contributed by atoms with E-state index in [-0.39, 0.29) is 24.5 Å². The summed E-state index contributed by atoms with van der Waals surface area (Å²) in [6, 6.07) is 0. The summed E-state index contributed by atoms with van der Waals surface area (Å²) in [5.41, 5.74) is 0. The van der Waals surface area contributed by atoms with Crippen LogP contribution in [-0.2, 0) is 9.53 Å². The van der Waals surface area contributed by atoms with Gasteiger partial charge in [0.15, 0.2) is 0 Å². The lowest BCUT2D eigenvalue weighted by atomic mass is 10.0. The zero-order chi connectivity index (χ0) is 34.5. The number of unbranched alkanes of at least 4 members (excludes halogenated alkanes) is 18. The molecule has 272 valence electrons. The molecule has 0 radical (unpaired) electrons. The van der Waals surface area contributed by atoms with E-state index < -0.39 is 0 Å². The van der Waals surface area contributed by atoms with Crippen molar-refractivity contribution in [1.82, 2.24) is 10.2 Å². The molecule has 1 unspecified atom stereocenters. The van der Waals surface area contributed by atoms with E-state index in [1.165, 1.54) is 109 Å². The van der Waals surface area contributed by atoms with E-state index in [0.717, 1.165) is 51.4 Å². The molecule has 0 aromatic carbocycles. The fourth-order valence-corrected chi connectivity index (χ4v) is 5.59. The molecule has 47 heavy (non-hydrogen) atoms. The van der Waals surface area contributed by atoms with Crippen LogP contribution in [0.4, 0.5) is 4.79 Å². The van der Waals surface area contributed by atoms with Crippen LogP contribution in [0.1, 0.15) is 181 Å². The highest BCUT2D eigenvalue weighted by Crippen LogP contribution is 2.16. The molecule has 5 heteroatoms. The van der Waals surface area contributed by atoms with Crippen LogP contribution in [0.2, 0.25) is 0 Å². The lowest BCUT2D eigenvalue weighted by Crippen LogP contribution is -2.34. The normalized spacial score (nSPS) is 12.6. The van der Waals surface area contributed by atoms with E-state index in [4.69, 9.17) is 4.74 Å². The molecular formula is C42H76N2O3. The Labute approximate surface area is 292 Å². The summed E-state index contributed by atoms with van der Waals surface area (Å²) < 4.78 is 5.78. The number of nitrogens with one attached hydrogen (secondary N) is 1. The van der Waals surface area contributed by atoms with Gasteiger partial charge in [0.1, 0.15) is 6.10 Å². The van der Waals surface area contributed by atoms with E-state index in [9.17, 15) is 9.59 Å². The molecule has 1 N–H and O–H groups in total. The predicted molar refractivity (Wildman–Crippen MR) is 205 cm³/mol. The van der Waals surface area contributed by atoms with Gasteiger partial charge >= 0.3 is 6.09 Å². The van der Waals surface area contributed by atoms with Gasteiger partial charge in [-0.3, -0.25) is 4.79 Å². The van der Waals surface area contributed by atoms with E-state index in [1.54, 1.807) is 19.0 Å². The van der Waals surface area contributed by atoms with Gasteiger partial charge in [-0.15, -0.1) is 0 Å². The van der Waals surface area contributed by atoms with Crippen LogP contribution in [0.5, 0.6) is 0 Å². The third kappa shape index (κ3) is 33.4. The fraction of sp³-hybridized carbons (Fsp3) is 0.762. The van der Waals surface area contributed by atoms with E-state index in [1.807, 2.05) is 0 Å². The number of amides is 2. The molecule has 0 aromatic heterocycles. The Kier molecular flexibility index (Phi) is 34.7. The Morgan fingerprint density at radius 3 is 1.45 bits per heavy atom. The minimum absolute atomic E-state index is 0.0769. The molecule has 2 amide bonds. The average Bonchev–Trinajstić information content (AvgIpc) is 3.07. The smallest absolute Gasteiger partial charge is 0.409 e. The van der Waals surface area contributed by atoms with Gasteiger partial charge in [-0.1, -0.05) is 165 Å². The number of ether oxygens (including phenoxy) is 1. The van der Waals surface area contributed by atoms with Crippen LogP contribution >= 0.6 is 0 Å².